The third-order valence-electron chi connectivity index (χ3n) is 7.58. The summed E-state index contributed by atoms with van der Waals surface area (Å²) in [6.07, 6.45) is 2.04. The van der Waals surface area contributed by atoms with Crippen molar-refractivity contribution >= 4 is 28.9 Å². The summed E-state index contributed by atoms with van der Waals surface area (Å²) in [5.41, 5.74) is 3.50. The van der Waals surface area contributed by atoms with Crippen LogP contribution in [0.1, 0.15) is 28.5 Å². The SMILES string of the molecule is C[C@H]1CN(c2cccc(F)c2C#N)CCN1C(=O)c1cc(CN2CCN(c3ccccc3Cl)CC2)cn1C. The molecule has 3 aromatic rings. The van der Waals surface area contributed by atoms with Gasteiger partial charge < -0.3 is 19.3 Å². The van der Waals surface area contributed by atoms with Crippen LogP contribution in [0.15, 0.2) is 54.7 Å². The molecule has 0 N–H and O–H groups in total. The number of carbonyl (C=O) groups excluding carboxylic acids is 1. The van der Waals surface area contributed by atoms with Gasteiger partial charge in [0.1, 0.15) is 23.1 Å². The normalized spacial score (nSPS) is 18.5. The molecule has 5 rings (SSSR count). The van der Waals surface area contributed by atoms with Gasteiger partial charge in [-0.3, -0.25) is 9.69 Å². The molecule has 0 unspecified atom stereocenters. The number of aromatic nitrogens is 1. The van der Waals surface area contributed by atoms with Crippen LogP contribution in [0.4, 0.5) is 15.8 Å². The maximum atomic E-state index is 14.1. The Morgan fingerprint density at radius 2 is 1.74 bits per heavy atom. The van der Waals surface area contributed by atoms with Crippen molar-refractivity contribution in [2.75, 3.05) is 55.6 Å². The number of para-hydroxylation sites is 1. The minimum absolute atomic E-state index is 0.00538. The van der Waals surface area contributed by atoms with Gasteiger partial charge in [0.25, 0.3) is 5.91 Å². The molecule has 2 fully saturated rings. The Kier molecular flexibility index (Phi) is 7.59. The molecule has 0 bridgehead atoms. The lowest BCUT2D eigenvalue weighted by Crippen LogP contribution is -2.54. The molecule has 9 heteroatoms. The molecule has 198 valence electrons. The monoisotopic (exact) mass is 534 g/mol. The number of nitriles is 1. The lowest BCUT2D eigenvalue weighted by atomic mass is 10.1. The molecular formula is C29H32ClFN6O. The summed E-state index contributed by atoms with van der Waals surface area (Å²) in [6.45, 7) is 8.03. The van der Waals surface area contributed by atoms with Crippen LogP contribution >= 0.6 is 11.6 Å². The largest absolute Gasteiger partial charge is 0.368 e. The molecule has 1 atom stereocenters. The van der Waals surface area contributed by atoms with Gasteiger partial charge >= 0.3 is 0 Å². The van der Waals surface area contributed by atoms with Gasteiger partial charge in [-0.15, -0.1) is 0 Å². The fraction of sp³-hybridized carbons (Fsp3) is 0.379. The van der Waals surface area contributed by atoms with Crippen molar-refractivity contribution in [1.82, 2.24) is 14.4 Å². The predicted octanol–water partition coefficient (Wildman–Crippen LogP) is 4.36. The lowest BCUT2D eigenvalue weighted by Gasteiger charge is -2.41. The maximum Gasteiger partial charge on any atom is 0.270 e. The summed E-state index contributed by atoms with van der Waals surface area (Å²) >= 11 is 6.38. The third kappa shape index (κ3) is 5.22. The summed E-state index contributed by atoms with van der Waals surface area (Å²) in [4.78, 5) is 22.1. The highest BCUT2D eigenvalue weighted by atomic mass is 35.5. The molecule has 2 saturated heterocycles. The minimum atomic E-state index is -0.516. The van der Waals surface area contributed by atoms with Gasteiger partial charge in [0.15, 0.2) is 0 Å². The van der Waals surface area contributed by atoms with Crippen molar-refractivity contribution < 1.29 is 9.18 Å². The van der Waals surface area contributed by atoms with Crippen LogP contribution in [0.25, 0.3) is 0 Å². The number of amides is 1. The van der Waals surface area contributed by atoms with Crippen LogP contribution in [0, 0.1) is 17.1 Å². The van der Waals surface area contributed by atoms with E-state index in [4.69, 9.17) is 11.6 Å². The van der Waals surface area contributed by atoms with Crippen LogP contribution in [0.2, 0.25) is 5.02 Å². The zero-order valence-corrected chi connectivity index (χ0v) is 22.5. The van der Waals surface area contributed by atoms with E-state index in [1.165, 1.54) is 6.07 Å². The Morgan fingerprint density at radius 1 is 1.03 bits per heavy atom. The second-order valence-corrected chi connectivity index (χ2v) is 10.5. The number of halogens is 2. The maximum absolute atomic E-state index is 14.1. The number of carbonyl (C=O) groups is 1. The van der Waals surface area contributed by atoms with Gasteiger partial charge in [-0.05, 0) is 42.8 Å². The van der Waals surface area contributed by atoms with Gasteiger partial charge in [-0.25, -0.2) is 4.39 Å². The Labute approximate surface area is 228 Å². The standard InChI is InChI=1S/C29H32ClFN6O/c1-21-18-36(26-9-5-7-25(31)23(26)17-32)14-15-37(21)29(38)28-16-22(19-33(28)2)20-34-10-12-35(13-11-34)27-8-4-3-6-24(27)30/h3-9,16,19,21H,10-15,18,20H2,1-2H3/t21-/m0/s1. The topological polar surface area (TPSA) is 58.8 Å². The van der Waals surface area contributed by atoms with E-state index >= 15 is 0 Å². The molecule has 0 saturated carbocycles. The van der Waals surface area contributed by atoms with Gasteiger partial charge in [-0.2, -0.15) is 5.26 Å². The highest BCUT2D eigenvalue weighted by molar-refractivity contribution is 6.33. The number of anilines is 2. The van der Waals surface area contributed by atoms with Gasteiger partial charge in [-0.1, -0.05) is 29.8 Å². The number of piperazine rings is 2. The molecule has 7 nitrogen and oxygen atoms in total. The summed E-state index contributed by atoms with van der Waals surface area (Å²) in [7, 11) is 1.92. The molecule has 2 aliphatic rings. The first kappa shape index (κ1) is 26.1. The average molecular weight is 535 g/mol. The van der Waals surface area contributed by atoms with Crippen LogP contribution < -0.4 is 9.80 Å². The molecule has 0 radical (unpaired) electrons. The molecule has 3 heterocycles. The van der Waals surface area contributed by atoms with Crippen LogP contribution in [0.5, 0.6) is 0 Å². The first-order valence-corrected chi connectivity index (χ1v) is 13.3. The number of hydrogen-bond acceptors (Lipinski definition) is 5. The number of nitrogens with zero attached hydrogens (tertiary/aromatic N) is 6. The van der Waals surface area contributed by atoms with Gasteiger partial charge in [0.2, 0.25) is 0 Å². The van der Waals surface area contributed by atoms with E-state index in [1.807, 2.05) is 64.9 Å². The summed E-state index contributed by atoms with van der Waals surface area (Å²) in [6, 6.07) is 16.5. The van der Waals surface area contributed by atoms with E-state index in [2.05, 4.69) is 15.9 Å². The molecule has 0 aliphatic carbocycles. The van der Waals surface area contributed by atoms with Gasteiger partial charge in [0.05, 0.1) is 16.4 Å². The second kappa shape index (κ2) is 11.1. The van der Waals surface area contributed by atoms with E-state index in [0.29, 0.717) is 31.0 Å². The van der Waals surface area contributed by atoms with Crippen molar-refractivity contribution in [3.63, 3.8) is 0 Å². The molecule has 1 aromatic heterocycles. The third-order valence-corrected chi connectivity index (χ3v) is 7.90. The Balaban J connectivity index is 1.20. The van der Waals surface area contributed by atoms with E-state index in [0.717, 1.165) is 49.0 Å². The van der Waals surface area contributed by atoms with E-state index < -0.39 is 5.82 Å². The van der Waals surface area contributed by atoms with Gasteiger partial charge in [0, 0.05) is 71.6 Å². The number of benzene rings is 2. The van der Waals surface area contributed by atoms with Crippen LogP contribution in [-0.4, -0.2) is 72.1 Å². The highest BCUT2D eigenvalue weighted by Gasteiger charge is 2.31. The van der Waals surface area contributed by atoms with E-state index in [9.17, 15) is 14.4 Å². The zero-order chi connectivity index (χ0) is 26.8. The Bertz CT molecular complexity index is 1360. The van der Waals surface area contributed by atoms with E-state index in [1.54, 1.807) is 12.1 Å². The van der Waals surface area contributed by atoms with Crippen LogP contribution in [0.3, 0.4) is 0 Å². The first-order valence-electron chi connectivity index (χ1n) is 13.0. The van der Waals surface area contributed by atoms with Crippen LogP contribution in [-0.2, 0) is 13.6 Å². The molecule has 38 heavy (non-hydrogen) atoms. The van der Waals surface area contributed by atoms with Crippen molar-refractivity contribution in [2.45, 2.75) is 19.5 Å². The zero-order valence-electron chi connectivity index (χ0n) is 21.8. The highest BCUT2D eigenvalue weighted by Crippen LogP contribution is 2.28. The molecule has 1 amide bonds. The summed E-state index contributed by atoms with van der Waals surface area (Å²) < 4.78 is 16.0. The molecule has 2 aromatic carbocycles. The number of hydrogen-bond donors (Lipinski definition) is 0. The smallest absolute Gasteiger partial charge is 0.270 e. The predicted molar refractivity (Wildman–Crippen MR) is 148 cm³/mol. The number of rotatable bonds is 5. The summed E-state index contributed by atoms with van der Waals surface area (Å²) in [5.74, 6) is -0.521. The van der Waals surface area contributed by atoms with E-state index in [-0.39, 0.29) is 17.5 Å². The Morgan fingerprint density at radius 3 is 2.45 bits per heavy atom. The fourth-order valence-electron chi connectivity index (χ4n) is 5.56. The molecule has 0 spiro atoms. The molecular weight excluding hydrogens is 503 g/mol. The van der Waals surface area contributed by atoms with Crippen molar-refractivity contribution in [1.29, 1.82) is 5.26 Å². The second-order valence-electron chi connectivity index (χ2n) is 10.1. The van der Waals surface area contributed by atoms with Crippen molar-refractivity contribution in [3.05, 3.63) is 82.4 Å². The quantitative estimate of drug-likeness (QED) is 0.487. The minimum Gasteiger partial charge on any atom is -0.368 e. The fourth-order valence-corrected chi connectivity index (χ4v) is 5.81. The lowest BCUT2D eigenvalue weighted by molar-refractivity contribution is 0.0664. The number of aryl methyl sites for hydroxylation is 1. The average Bonchev–Trinajstić information content (AvgIpc) is 3.28. The molecule has 2 aliphatic heterocycles. The first-order chi connectivity index (χ1) is 18.4. The summed E-state index contributed by atoms with van der Waals surface area (Å²) in [5, 5.41) is 10.2. The Hall–Kier alpha value is -3.54. The van der Waals surface area contributed by atoms with Crippen molar-refractivity contribution in [2.24, 2.45) is 7.05 Å². The van der Waals surface area contributed by atoms with Crippen molar-refractivity contribution in [3.8, 4) is 6.07 Å².